The minimum atomic E-state index is -2.00. The van der Waals surface area contributed by atoms with Gasteiger partial charge in [-0.25, -0.2) is 0 Å². The van der Waals surface area contributed by atoms with Gasteiger partial charge in [-0.2, -0.15) is 0 Å². The fourth-order valence-electron chi connectivity index (χ4n) is 4.86. The average Bonchev–Trinajstić information content (AvgIpc) is 2.41. The topological polar surface area (TPSA) is 49.4 Å². The number of carbonyl (C=O) groups is 1. The summed E-state index contributed by atoms with van der Waals surface area (Å²) < 4.78 is 5.97. The second-order valence-electron chi connectivity index (χ2n) is 11.4. The summed E-state index contributed by atoms with van der Waals surface area (Å²) in [7, 11) is -2.00. The molecule has 0 amide bonds. The number of hydrogen-bond acceptors (Lipinski definition) is 3. The van der Waals surface area contributed by atoms with Crippen LogP contribution in [-0.2, 0) is 9.53 Å². The van der Waals surface area contributed by atoms with E-state index in [1.54, 1.807) is 0 Å². The van der Waals surface area contributed by atoms with Crippen LogP contribution in [0.1, 0.15) is 74.1 Å². The molecule has 154 valence electrons. The standard InChI is InChI=1S/C22H43O3Si.Li/c1-15(2)18(16(3)4)25-20(23)19(26(8,9)10)22(24)13-11-17(12-14-22)21(5,6)7;/h15-19H,11-14H2,1-10H3;/q-1;+1/t17?,19-,22?;/m0./s1. The van der Waals surface area contributed by atoms with Crippen LogP contribution in [0.15, 0.2) is 0 Å². The van der Waals surface area contributed by atoms with Gasteiger partial charge in [0.25, 0.3) is 0 Å². The molecule has 0 aliphatic heterocycles. The molecule has 3 nitrogen and oxygen atoms in total. The molecule has 0 aromatic rings. The zero-order valence-corrected chi connectivity index (χ0v) is 20.9. The van der Waals surface area contributed by atoms with Crippen LogP contribution in [0.2, 0.25) is 25.2 Å². The Hall–Kier alpha value is 0.244. The third kappa shape index (κ3) is 7.21. The number of hydrogen-bond donors (Lipinski definition) is 0. The van der Waals surface area contributed by atoms with E-state index in [1.807, 2.05) is 0 Å². The Balaban J connectivity index is 0.00000676. The first-order chi connectivity index (χ1) is 11.6. The second-order valence-corrected chi connectivity index (χ2v) is 16.7. The van der Waals surface area contributed by atoms with Crippen molar-refractivity contribution in [1.82, 2.24) is 0 Å². The molecule has 0 spiro atoms. The maximum Gasteiger partial charge on any atom is 1.00 e. The molecule has 1 rings (SSSR count). The number of ether oxygens (including phenoxy) is 1. The third-order valence-electron chi connectivity index (χ3n) is 6.25. The molecule has 1 fully saturated rings. The summed E-state index contributed by atoms with van der Waals surface area (Å²) in [6, 6.07) is 0. The quantitative estimate of drug-likeness (QED) is 0.516. The SMILES string of the molecule is CC(C)C(OC(=O)[C@@H](C1([O-])CCC(C(C)(C)C)CC1)[Si](C)(C)C)C(C)C.[Li+]. The van der Waals surface area contributed by atoms with E-state index in [4.69, 9.17) is 4.74 Å². The van der Waals surface area contributed by atoms with Gasteiger partial charge in [-0.05, 0) is 23.2 Å². The van der Waals surface area contributed by atoms with Gasteiger partial charge in [0.2, 0.25) is 0 Å². The number of carbonyl (C=O) groups excluding carboxylic acids is 1. The van der Waals surface area contributed by atoms with E-state index in [0.29, 0.717) is 18.8 Å². The van der Waals surface area contributed by atoms with Crippen LogP contribution in [0.4, 0.5) is 0 Å². The van der Waals surface area contributed by atoms with Crippen molar-refractivity contribution < 1.29 is 33.5 Å². The van der Waals surface area contributed by atoms with Crippen molar-refractivity contribution in [2.45, 2.75) is 111 Å². The molecule has 0 bridgehead atoms. The van der Waals surface area contributed by atoms with Gasteiger partial charge in [0.15, 0.2) is 0 Å². The van der Waals surface area contributed by atoms with Crippen LogP contribution in [0.3, 0.4) is 0 Å². The van der Waals surface area contributed by atoms with Gasteiger partial charge < -0.3 is 9.84 Å². The fraction of sp³-hybridized carbons (Fsp3) is 0.955. The Morgan fingerprint density at radius 3 is 1.74 bits per heavy atom. The molecule has 1 aliphatic rings. The summed E-state index contributed by atoms with van der Waals surface area (Å²) in [6.45, 7) is 21.6. The molecule has 1 aliphatic carbocycles. The molecule has 1 atom stereocenters. The van der Waals surface area contributed by atoms with Crippen molar-refractivity contribution in [1.29, 1.82) is 0 Å². The molecular weight excluding hydrogens is 347 g/mol. The molecule has 0 N–H and O–H groups in total. The molecule has 0 unspecified atom stereocenters. The van der Waals surface area contributed by atoms with Crippen LogP contribution in [-0.4, -0.2) is 25.7 Å². The maximum absolute atomic E-state index is 13.8. The Bertz CT molecular complexity index is 461. The molecule has 1 saturated carbocycles. The van der Waals surface area contributed by atoms with Crippen molar-refractivity contribution in [3.63, 3.8) is 0 Å². The van der Waals surface area contributed by atoms with Gasteiger partial charge in [0.05, 0.1) is 8.07 Å². The minimum Gasteiger partial charge on any atom is -0.849 e. The zero-order chi connectivity index (χ0) is 20.5. The third-order valence-corrected chi connectivity index (χ3v) is 8.74. The summed E-state index contributed by atoms with van der Waals surface area (Å²) in [5.41, 5.74) is -1.38. The van der Waals surface area contributed by atoms with Crippen molar-refractivity contribution in [3.05, 3.63) is 0 Å². The van der Waals surface area contributed by atoms with Crippen molar-refractivity contribution in [2.24, 2.45) is 23.2 Å². The van der Waals surface area contributed by atoms with Gasteiger partial charge in [-0.3, -0.25) is 4.79 Å². The molecule has 0 aromatic heterocycles. The zero-order valence-electron chi connectivity index (χ0n) is 19.9. The first-order valence-corrected chi connectivity index (χ1v) is 14.1. The average molecular weight is 391 g/mol. The summed E-state index contributed by atoms with van der Waals surface area (Å²) in [5, 5.41) is 13.8. The maximum atomic E-state index is 13.8. The van der Waals surface area contributed by atoms with Gasteiger partial charge in [0.1, 0.15) is 6.10 Å². The summed E-state index contributed by atoms with van der Waals surface area (Å²) in [4.78, 5) is 13.2. The van der Waals surface area contributed by atoms with E-state index < -0.39 is 19.2 Å². The molecular formula is C22H43LiO3Si. The predicted octanol–water partition coefficient (Wildman–Crippen LogP) is 2.26. The van der Waals surface area contributed by atoms with E-state index in [9.17, 15) is 9.90 Å². The van der Waals surface area contributed by atoms with Crippen molar-refractivity contribution in [3.8, 4) is 0 Å². The molecule has 0 heterocycles. The second kappa shape index (κ2) is 9.83. The van der Waals surface area contributed by atoms with Crippen LogP contribution in [0.25, 0.3) is 0 Å². The first kappa shape index (κ1) is 27.2. The van der Waals surface area contributed by atoms with Gasteiger partial charge in [-0.15, -0.1) is 5.60 Å². The van der Waals surface area contributed by atoms with E-state index in [0.717, 1.165) is 12.8 Å². The van der Waals surface area contributed by atoms with Crippen molar-refractivity contribution in [2.75, 3.05) is 0 Å². The van der Waals surface area contributed by atoms with Gasteiger partial charge in [-0.1, -0.05) is 93.8 Å². The predicted molar refractivity (Wildman–Crippen MR) is 111 cm³/mol. The molecule has 27 heavy (non-hydrogen) atoms. The molecule has 0 aromatic carbocycles. The minimum absolute atomic E-state index is 0. The summed E-state index contributed by atoms with van der Waals surface area (Å²) in [6.07, 6.45) is 2.95. The van der Waals surface area contributed by atoms with Crippen LogP contribution in [0.5, 0.6) is 0 Å². The number of rotatable bonds is 6. The van der Waals surface area contributed by atoms with Crippen LogP contribution < -0.4 is 24.0 Å². The Morgan fingerprint density at radius 2 is 1.44 bits per heavy atom. The van der Waals surface area contributed by atoms with Crippen LogP contribution >= 0.6 is 0 Å². The Kier molecular flexibility index (Phi) is 9.92. The van der Waals surface area contributed by atoms with Crippen LogP contribution in [0, 0.1) is 23.2 Å². The smallest absolute Gasteiger partial charge is 0.849 e. The monoisotopic (exact) mass is 390 g/mol. The summed E-state index contributed by atoms with van der Waals surface area (Å²) in [5.74, 6) is 0.878. The Morgan fingerprint density at radius 1 is 1.04 bits per heavy atom. The van der Waals surface area contributed by atoms with Gasteiger partial charge >= 0.3 is 24.8 Å². The molecule has 0 saturated heterocycles. The normalized spacial score (nSPS) is 25.5. The summed E-state index contributed by atoms with van der Waals surface area (Å²) >= 11 is 0. The fourth-order valence-corrected chi connectivity index (χ4v) is 7.50. The van der Waals surface area contributed by atoms with Gasteiger partial charge in [0, 0.05) is 5.54 Å². The first-order valence-electron chi connectivity index (χ1n) is 10.5. The largest absolute Gasteiger partial charge is 1.00 e. The van der Waals surface area contributed by atoms with Crippen molar-refractivity contribution >= 4 is 14.0 Å². The molecule has 5 heteroatoms. The van der Waals surface area contributed by atoms with E-state index in [2.05, 4.69) is 68.1 Å². The Labute approximate surface area is 181 Å². The number of esters is 1. The van der Waals surface area contributed by atoms with E-state index >= 15 is 0 Å². The molecule has 0 radical (unpaired) electrons. The van der Waals surface area contributed by atoms with E-state index in [1.165, 1.54) is 0 Å². The van der Waals surface area contributed by atoms with E-state index in [-0.39, 0.29) is 48.2 Å².